The summed E-state index contributed by atoms with van der Waals surface area (Å²) in [5.74, 6) is 0.00858. The molecule has 1 N–H and O–H groups in total. The smallest absolute Gasteiger partial charge is 0.306 e. The molecule has 1 aliphatic heterocycles. The van der Waals surface area contributed by atoms with E-state index in [1.807, 2.05) is 0 Å². The average molecular weight is 417 g/mol. The maximum absolute atomic E-state index is 13.5. The van der Waals surface area contributed by atoms with Crippen molar-refractivity contribution in [3.63, 3.8) is 0 Å². The van der Waals surface area contributed by atoms with Crippen LogP contribution in [0.25, 0.3) is 11.4 Å². The molecule has 2 aromatic carbocycles. The number of nitrogens with one attached hydrogen (secondary N) is 1. The normalized spacial score (nSPS) is 14.6. The summed E-state index contributed by atoms with van der Waals surface area (Å²) in [7, 11) is 0. The fraction of sp³-hybridized carbons (Fsp3) is 0.273. The Labute approximate surface area is 170 Å². The minimum Gasteiger partial charge on any atom is -0.306 e. The zero-order valence-corrected chi connectivity index (χ0v) is 16.2. The number of aromatic nitrogens is 2. The number of nitrogens with zero attached hydrogens (tertiary/aromatic N) is 2. The van der Waals surface area contributed by atoms with Crippen LogP contribution < -0.4 is 5.56 Å². The quantitative estimate of drug-likeness (QED) is 0.640. The Balaban J connectivity index is 1.55. The van der Waals surface area contributed by atoms with Gasteiger partial charge in [0.15, 0.2) is 0 Å². The largest absolute Gasteiger partial charge is 0.416 e. The van der Waals surface area contributed by atoms with Gasteiger partial charge in [0.2, 0.25) is 0 Å². The van der Waals surface area contributed by atoms with E-state index in [4.69, 9.17) is 0 Å². The van der Waals surface area contributed by atoms with Crippen LogP contribution in [0.2, 0.25) is 0 Å². The van der Waals surface area contributed by atoms with Gasteiger partial charge in [-0.1, -0.05) is 24.3 Å². The van der Waals surface area contributed by atoms with E-state index in [0.717, 1.165) is 17.7 Å². The SMILES string of the molecule is Cc1cc(CN2CCc3nc(-c4ccc(C(F)(F)F)cc4)[nH]c(=O)c3C2)ccc1F. The van der Waals surface area contributed by atoms with Gasteiger partial charge < -0.3 is 4.98 Å². The summed E-state index contributed by atoms with van der Waals surface area (Å²) >= 11 is 0. The van der Waals surface area contributed by atoms with E-state index in [2.05, 4.69) is 14.9 Å². The minimum atomic E-state index is -4.41. The number of benzene rings is 2. The van der Waals surface area contributed by atoms with Crippen molar-refractivity contribution in [1.82, 2.24) is 14.9 Å². The first-order valence-electron chi connectivity index (χ1n) is 9.48. The Bertz CT molecular complexity index is 1140. The summed E-state index contributed by atoms with van der Waals surface area (Å²) in [6.07, 6.45) is -3.87. The molecule has 1 aromatic heterocycles. The molecule has 3 aromatic rings. The van der Waals surface area contributed by atoms with Crippen LogP contribution in [0, 0.1) is 12.7 Å². The molecule has 8 heteroatoms. The highest BCUT2D eigenvalue weighted by Gasteiger charge is 2.30. The lowest BCUT2D eigenvalue weighted by molar-refractivity contribution is -0.137. The molecule has 0 atom stereocenters. The molecule has 0 saturated carbocycles. The van der Waals surface area contributed by atoms with Crippen LogP contribution in [0.15, 0.2) is 47.3 Å². The van der Waals surface area contributed by atoms with Gasteiger partial charge >= 0.3 is 6.18 Å². The topological polar surface area (TPSA) is 49.0 Å². The molecule has 2 heterocycles. The maximum atomic E-state index is 13.5. The zero-order valence-electron chi connectivity index (χ0n) is 16.2. The van der Waals surface area contributed by atoms with Crippen LogP contribution in [0.4, 0.5) is 17.6 Å². The van der Waals surface area contributed by atoms with E-state index in [0.29, 0.717) is 48.4 Å². The monoisotopic (exact) mass is 417 g/mol. The summed E-state index contributed by atoms with van der Waals surface area (Å²) in [6, 6.07) is 9.52. The molecule has 0 bridgehead atoms. The van der Waals surface area contributed by atoms with Crippen molar-refractivity contribution < 1.29 is 17.6 Å². The Morgan fingerprint density at radius 3 is 2.53 bits per heavy atom. The second kappa shape index (κ2) is 7.68. The van der Waals surface area contributed by atoms with Crippen molar-refractivity contribution in [3.8, 4) is 11.4 Å². The first kappa shape index (κ1) is 20.3. The van der Waals surface area contributed by atoms with Crippen molar-refractivity contribution in [3.05, 3.63) is 86.6 Å². The van der Waals surface area contributed by atoms with Gasteiger partial charge in [-0.15, -0.1) is 0 Å². The molecule has 4 rings (SSSR count). The summed E-state index contributed by atoms with van der Waals surface area (Å²) in [5.41, 5.74) is 2.12. The summed E-state index contributed by atoms with van der Waals surface area (Å²) in [5, 5.41) is 0. The molecule has 156 valence electrons. The van der Waals surface area contributed by atoms with Gasteiger partial charge in [0.05, 0.1) is 16.8 Å². The number of halogens is 4. The van der Waals surface area contributed by atoms with Gasteiger partial charge in [0.25, 0.3) is 5.56 Å². The molecule has 0 fully saturated rings. The van der Waals surface area contributed by atoms with Crippen molar-refractivity contribution in [1.29, 1.82) is 0 Å². The summed E-state index contributed by atoms with van der Waals surface area (Å²) in [4.78, 5) is 21.9. The lowest BCUT2D eigenvalue weighted by Gasteiger charge is -2.28. The number of hydrogen-bond donors (Lipinski definition) is 1. The highest BCUT2D eigenvalue weighted by molar-refractivity contribution is 5.56. The number of alkyl halides is 3. The van der Waals surface area contributed by atoms with Gasteiger partial charge in [-0.2, -0.15) is 13.2 Å². The molecule has 1 aliphatic rings. The lowest BCUT2D eigenvalue weighted by atomic mass is 10.0. The highest BCUT2D eigenvalue weighted by atomic mass is 19.4. The third-order valence-electron chi connectivity index (χ3n) is 5.26. The van der Waals surface area contributed by atoms with Crippen molar-refractivity contribution in [2.75, 3.05) is 6.54 Å². The predicted octanol–water partition coefficient (Wildman–Crippen LogP) is 4.46. The molecular formula is C22H19F4N3O. The molecule has 0 radical (unpaired) electrons. The van der Waals surface area contributed by atoms with Gasteiger partial charge in [0, 0.05) is 31.6 Å². The van der Waals surface area contributed by atoms with Crippen LogP contribution >= 0.6 is 0 Å². The van der Waals surface area contributed by atoms with E-state index in [9.17, 15) is 22.4 Å². The second-order valence-electron chi connectivity index (χ2n) is 7.46. The van der Waals surface area contributed by atoms with Gasteiger partial charge in [-0.05, 0) is 36.2 Å². The highest BCUT2D eigenvalue weighted by Crippen LogP contribution is 2.30. The average Bonchev–Trinajstić information content (AvgIpc) is 2.70. The standard InChI is InChI=1S/C22H19F4N3O/c1-13-10-14(2-7-18(13)23)11-29-9-8-19-17(12-29)21(30)28-20(27-19)15-3-5-16(6-4-15)22(24,25)26/h2-7,10H,8-9,11-12H2,1H3,(H,27,28,30). The van der Waals surface area contributed by atoms with E-state index < -0.39 is 11.7 Å². The maximum Gasteiger partial charge on any atom is 0.416 e. The molecule has 0 spiro atoms. The van der Waals surface area contributed by atoms with E-state index >= 15 is 0 Å². The van der Waals surface area contributed by atoms with E-state index in [1.165, 1.54) is 18.2 Å². The Hall–Kier alpha value is -3.00. The van der Waals surface area contributed by atoms with Crippen LogP contribution in [-0.2, 0) is 25.7 Å². The predicted molar refractivity (Wildman–Crippen MR) is 104 cm³/mol. The number of fused-ring (bicyclic) bond motifs is 1. The number of aromatic amines is 1. The number of H-pyrrole nitrogens is 1. The number of aryl methyl sites for hydroxylation is 1. The van der Waals surface area contributed by atoms with E-state index in [-0.39, 0.29) is 17.2 Å². The molecule has 30 heavy (non-hydrogen) atoms. The minimum absolute atomic E-state index is 0.251. The van der Waals surface area contributed by atoms with Gasteiger partial charge in [-0.3, -0.25) is 9.69 Å². The van der Waals surface area contributed by atoms with Crippen molar-refractivity contribution in [2.45, 2.75) is 32.6 Å². The second-order valence-corrected chi connectivity index (χ2v) is 7.46. The van der Waals surface area contributed by atoms with Crippen LogP contribution in [0.5, 0.6) is 0 Å². The fourth-order valence-electron chi connectivity index (χ4n) is 3.63. The first-order valence-corrected chi connectivity index (χ1v) is 9.48. The molecule has 0 unspecified atom stereocenters. The molecule has 4 nitrogen and oxygen atoms in total. The van der Waals surface area contributed by atoms with Crippen LogP contribution in [0.1, 0.15) is 27.9 Å². The molecule has 0 aliphatic carbocycles. The summed E-state index contributed by atoms with van der Waals surface area (Å²) in [6.45, 7) is 3.37. The van der Waals surface area contributed by atoms with E-state index in [1.54, 1.807) is 19.1 Å². The molecular weight excluding hydrogens is 398 g/mol. The number of rotatable bonds is 3. The van der Waals surface area contributed by atoms with Crippen LogP contribution in [0.3, 0.4) is 0 Å². The third kappa shape index (κ3) is 4.14. The van der Waals surface area contributed by atoms with Crippen LogP contribution in [-0.4, -0.2) is 21.4 Å². The lowest BCUT2D eigenvalue weighted by Crippen LogP contribution is -2.35. The van der Waals surface area contributed by atoms with Gasteiger partial charge in [-0.25, -0.2) is 9.37 Å². The number of hydrogen-bond acceptors (Lipinski definition) is 3. The third-order valence-corrected chi connectivity index (χ3v) is 5.26. The van der Waals surface area contributed by atoms with Crippen molar-refractivity contribution in [2.24, 2.45) is 0 Å². The summed E-state index contributed by atoms with van der Waals surface area (Å²) < 4.78 is 51.7. The molecule has 0 saturated heterocycles. The first-order chi connectivity index (χ1) is 14.2. The Kier molecular flexibility index (Phi) is 5.19. The Morgan fingerprint density at radius 2 is 1.87 bits per heavy atom. The van der Waals surface area contributed by atoms with Gasteiger partial charge in [0.1, 0.15) is 11.6 Å². The molecule has 0 amide bonds. The fourth-order valence-corrected chi connectivity index (χ4v) is 3.63. The Morgan fingerprint density at radius 1 is 1.13 bits per heavy atom. The van der Waals surface area contributed by atoms with Crippen molar-refractivity contribution >= 4 is 0 Å². The zero-order chi connectivity index (χ0) is 21.5.